The van der Waals surface area contributed by atoms with Gasteiger partial charge in [-0.15, -0.1) is 0 Å². The summed E-state index contributed by atoms with van der Waals surface area (Å²) in [5, 5.41) is 2.56. The van der Waals surface area contributed by atoms with E-state index in [4.69, 9.17) is 5.73 Å². The fourth-order valence-corrected chi connectivity index (χ4v) is 2.43. The van der Waals surface area contributed by atoms with E-state index in [2.05, 4.69) is 22.3 Å². The van der Waals surface area contributed by atoms with Gasteiger partial charge in [0.1, 0.15) is 0 Å². The molecule has 1 atom stereocenters. The lowest BCUT2D eigenvalue weighted by molar-refractivity contribution is -0.134. The van der Waals surface area contributed by atoms with E-state index in [1.54, 1.807) is 11.8 Å². The van der Waals surface area contributed by atoms with Gasteiger partial charge in [-0.1, -0.05) is 30.3 Å². The third-order valence-corrected chi connectivity index (χ3v) is 3.80. The van der Waals surface area contributed by atoms with E-state index >= 15 is 0 Å². The molecular weight excluding hydrogens is 280 g/mol. The number of nitrogens with zero attached hydrogens (tertiary/aromatic N) is 2. The molecule has 2 rings (SSSR count). The van der Waals surface area contributed by atoms with Crippen LogP contribution in [-0.4, -0.2) is 60.4 Å². The molecule has 0 unspecified atom stereocenters. The Bertz CT molecular complexity index is 496. The topological polar surface area (TPSA) is 78.7 Å². The first-order chi connectivity index (χ1) is 10.6. The van der Waals surface area contributed by atoms with Crippen LogP contribution in [0.2, 0.25) is 0 Å². The van der Waals surface area contributed by atoms with Crippen LogP contribution in [0.5, 0.6) is 0 Å². The van der Waals surface area contributed by atoms with Crippen molar-refractivity contribution in [1.82, 2.24) is 15.1 Å². The van der Waals surface area contributed by atoms with Crippen LogP contribution in [0, 0.1) is 0 Å². The van der Waals surface area contributed by atoms with Crippen LogP contribution in [0.25, 0.3) is 0 Å². The van der Waals surface area contributed by atoms with Gasteiger partial charge in [-0.2, -0.15) is 0 Å². The van der Waals surface area contributed by atoms with Crippen molar-refractivity contribution in [1.29, 1.82) is 0 Å². The van der Waals surface area contributed by atoms with Crippen LogP contribution in [0.1, 0.15) is 12.5 Å². The Labute approximate surface area is 131 Å². The molecule has 0 bridgehead atoms. The van der Waals surface area contributed by atoms with Gasteiger partial charge in [0.15, 0.2) is 0 Å². The molecule has 1 fully saturated rings. The molecule has 22 heavy (non-hydrogen) atoms. The van der Waals surface area contributed by atoms with E-state index in [9.17, 15) is 9.59 Å². The number of hydrogen-bond donors (Lipinski definition) is 2. The Kier molecular flexibility index (Phi) is 5.91. The van der Waals surface area contributed by atoms with Crippen LogP contribution >= 0.6 is 0 Å². The number of piperazine rings is 1. The zero-order valence-electron chi connectivity index (χ0n) is 13.0. The van der Waals surface area contributed by atoms with Crippen LogP contribution in [0.4, 0.5) is 0 Å². The molecule has 0 aliphatic carbocycles. The van der Waals surface area contributed by atoms with E-state index in [1.807, 2.05) is 18.2 Å². The average Bonchev–Trinajstić information content (AvgIpc) is 2.54. The van der Waals surface area contributed by atoms with E-state index in [1.165, 1.54) is 5.56 Å². The van der Waals surface area contributed by atoms with Crippen LogP contribution in [0.3, 0.4) is 0 Å². The van der Waals surface area contributed by atoms with E-state index in [0.717, 1.165) is 19.6 Å². The number of nitrogens with one attached hydrogen (secondary N) is 1. The molecule has 1 aromatic rings. The lowest BCUT2D eigenvalue weighted by Gasteiger charge is -2.34. The Morgan fingerprint density at radius 2 is 1.82 bits per heavy atom. The predicted molar refractivity (Wildman–Crippen MR) is 85.0 cm³/mol. The highest BCUT2D eigenvalue weighted by atomic mass is 16.2. The van der Waals surface area contributed by atoms with Gasteiger partial charge in [0.25, 0.3) is 0 Å². The molecule has 2 amide bonds. The lowest BCUT2D eigenvalue weighted by atomic mass is 10.2. The fourth-order valence-electron chi connectivity index (χ4n) is 2.43. The van der Waals surface area contributed by atoms with E-state index in [-0.39, 0.29) is 18.4 Å². The maximum atomic E-state index is 12.0. The second-order valence-electron chi connectivity index (χ2n) is 5.65. The molecule has 1 heterocycles. The van der Waals surface area contributed by atoms with Crippen molar-refractivity contribution in [3.05, 3.63) is 35.9 Å². The summed E-state index contributed by atoms with van der Waals surface area (Å²) in [5.74, 6) is -0.343. The van der Waals surface area contributed by atoms with Crippen LogP contribution in [0.15, 0.2) is 30.3 Å². The van der Waals surface area contributed by atoms with Gasteiger partial charge in [-0.3, -0.25) is 14.5 Å². The molecule has 0 saturated carbocycles. The molecule has 3 N–H and O–H groups in total. The fraction of sp³-hybridized carbons (Fsp3) is 0.500. The van der Waals surface area contributed by atoms with Crippen molar-refractivity contribution in [3.63, 3.8) is 0 Å². The molecular formula is C16H24N4O2. The van der Waals surface area contributed by atoms with Gasteiger partial charge in [-0.05, 0) is 12.5 Å². The second kappa shape index (κ2) is 7.91. The van der Waals surface area contributed by atoms with Crippen molar-refractivity contribution in [3.8, 4) is 0 Å². The first kappa shape index (κ1) is 16.5. The van der Waals surface area contributed by atoms with Crippen LogP contribution < -0.4 is 11.1 Å². The highest BCUT2D eigenvalue weighted by Gasteiger charge is 2.21. The summed E-state index contributed by atoms with van der Waals surface area (Å²) >= 11 is 0. The SMILES string of the molecule is C[C@@H](N)C(=O)NCC(=O)N1CCN(Cc2ccccc2)CC1. The van der Waals surface area contributed by atoms with Gasteiger partial charge in [0.05, 0.1) is 12.6 Å². The summed E-state index contributed by atoms with van der Waals surface area (Å²) in [7, 11) is 0. The zero-order valence-corrected chi connectivity index (χ0v) is 13.0. The zero-order chi connectivity index (χ0) is 15.9. The summed E-state index contributed by atoms with van der Waals surface area (Å²) in [4.78, 5) is 27.5. The Morgan fingerprint density at radius 1 is 1.18 bits per heavy atom. The van der Waals surface area contributed by atoms with Gasteiger partial charge in [-0.25, -0.2) is 0 Å². The van der Waals surface area contributed by atoms with Gasteiger partial charge in [0.2, 0.25) is 11.8 Å². The van der Waals surface area contributed by atoms with Gasteiger partial charge < -0.3 is 16.0 Å². The quantitative estimate of drug-likeness (QED) is 0.789. The molecule has 6 heteroatoms. The summed E-state index contributed by atoms with van der Waals surface area (Å²) in [6.07, 6.45) is 0. The summed E-state index contributed by atoms with van der Waals surface area (Å²) in [6.45, 7) is 5.62. The number of carbonyl (C=O) groups excluding carboxylic acids is 2. The van der Waals surface area contributed by atoms with E-state index in [0.29, 0.717) is 13.1 Å². The minimum absolute atomic E-state index is 0.0268. The molecule has 0 radical (unpaired) electrons. The number of hydrogen-bond acceptors (Lipinski definition) is 4. The third-order valence-electron chi connectivity index (χ3n) is 3.80. The predicted octanol–water partition coefficient (Wildman–Crippen LogP) is -0.206. The number of benzene rings is 1. The van der Waals surface area contributed by atoms with Gasteiger partial charge in [0, 0.05) is 32.7 Å². The number of amides is 2. The monoisotopic (exact) mass is 304 g/mol. The van der Waals surface area contributed by atoms with Crippen LogP contribution in [-0.2, 0) is 16.1 Å². The van der Waals surface area contributed by atoms with Crippen molar-refractivity contribution < 1.29 is 9.59 Å². The maximum Gasteiger partial charge on any atom is 0.242 e. The molecule has 0 spiro atoms. The third kappa shape index (κ3) is 4.82. The number of rotatable bonds is 5. The van der Waals surface area contributed by atoms with Crippen molar-refractivity contribution >= 4 is 11.8 Å². The lowest BCUT2D eigenvalue weighted by Crippen LogP contribution is -2.51. The largest absolute Gasteiger partial charge is 0.346 e. The molecule has 120 valence electrons. The molecule has 6 nitrogen and oxygen atoms in total. The Hall–Kier alpha value is -1.92. The molecule has 1 aliphatic rings. The second-order valence-corrected chi connectivity index (χ2v) is 5.65. The molecule has 1 aliphatic heterocycles. The highest BCUT2D eigenvalue weighted by Crippen LogP contribution is 2.08. The minimum atomic E-state index is -0.587. The molecule has 1 aromatic carbocycles. The normalized spacial score (nSPS) is 17.1. The Balaban J connectivity index is 1.72. The summed E-state index contributed by atoms with van der Waals surface area (Å²) in [5.41, 5.74) is 6.73. The first-order valence-corrected chi connectivity index (χ1v) is 7.63. The van der Waals surface area contributed by atoms with Crippen molar-refractivity contribution in [2.75, 3.05) is 32.7 Å². The average molecular weight is 304 g/mol. The summed E-state index contributed by atoms with van der Waals surface area (Å²) < 4.78 is 0. The number of nitrogens with two attached hydrogens (primary N) is 1. The van der Waals surface area contributed by atoms with E-state index < -0.39 is 6.04 Å². The summed E-state index contributed by atoms with van der Waals surface area (Å²) in [6, 6.07) is 9.72. The first-order valence-electron chi connectivity index (χ1n) is 7.63. The smallest absolute Gasteiger partial charge is 0.242 e. The molecule has 0 aromatic heterocycles. The highest BCUT2D eigenvalue weighted by molar-refractivity contribution is 5.87. The Morgan fingerprint density at radius 3 is 2.41 bits per heavy atom. The maximum absolute atomic E-state index is 12.0. The van der Waals surface area contributed by atoms with Crippen molar-refractivity contribution in [2.24, 2.45) is 5.73 Å². The molecule has 1 saturated heterocycles. The number of carbonyl (C=O) groups is 2. The van der Waals surface area contributed by atoms with Gasteiger partial charge >= 0.3 is 0 Å². The standard InChI is InChI=1S/C16H24N4O2/c1-13(17)16(22)18-11-15(21)20-9-7-19(8-10-20)12-14-5-3-2-4-6-14/h2-6,13H,7-12,17H2,1H3,(H,18,22)/t13-/m1/s1. The minimum Gasteiger partial charge on any atom is -0.346 e. The van der Waals surface area contributed by atoms with Crippen molar-refractivity contribution in [2.45, 2.75) is 19.5 Å².